The first-order chi connectivity index (χ1) is 14.9. The molecule has 4 heterocycles. The second-order valence-electron chi connectivity index (χ2n) is 9.40. The molecule has 0 amide bonds. The van der Waals surface area contributed by atoms with Gasteiger partial charge in [-0.1, -0.05) is 60.7 Å². The molecule has 6 rings (SSSR count). The van der Waals surface area contributed by atoms with E-state index < -0.39 is 48.0 Å². The molecule has 4 aliphatic heterocycles. The van der Waals surface area contributed by atoms with Crippen molar-refractivity contribution in [3.8, 4) is 0 Å². The summed E-state index contributed by atoms with van der Waals surface area (Å²) >= 11 is 0. The number of aliphatic hydroxyl groups excluding tert-OH is 5. The van der Waals surface area contributed by atoms with Gasteiger partial charge < -0.3 is 25.5 Å². The van der Waals surface area contributed by atoms with E-state index in [1.807, 2.05) is 60.7 Å². The van der Waals surface area contributed by atoms with Gasteiger partial charge in [-0.05, 0) is 11.1 Å². The summed E-state index contributed by atoms with van der Waals surface area (Å²) in [7, 11) is 0. The Morgan fingerprint density at radius 1 is 0.774 bits per heavy atom. The largest absolute Gasteiger partial charge is 0.394 e. The summed E-state index contributed by atoms with van der Waals surface area (Å²) in [6.07, 6.45) is -5.23. The molecular formula is C24H30N2O5. The molecule has 5 N–H and O–H groups in total. The number of piperidine rings is 2. The molecule has 2 aromatic rings. The van der Waals surface area contributed by atoms with Crippen LogP contribution in [0.2, 0.25) is 0 Å². The van der Waals surface area contributed by atoms with Crippen LogP contribution in [0.4, 0.5) is 0 Å². The van der Waals surface area contributed by atoms with Crippen LogP contribution in [-0.2, 0) is 10.8 Å². The van der Waals surface area contributed by atoms with Crippen LogP contribution in [0.25, 0.3) is 0 Å². The van der Waals surface area contributed by atoms with Crippen molar-refractivity contribution in [2.45, 2.75) is 41.4 Å². The van der Waals surface area contributed by atoms with Crippen LogP contribution in [0.1, 0.15) is 11.1 Å². The summed E-state index contributed by atoms with van der Waals surface area (Å²) in [4.78, 5) is 4.25. The topological polar surface area (TPSA) is 108 Å². The molecule has 3 atom stereocenters. The highest BCUT2D eigenvalue weighted by Gasteiger charge is 2.67. The average molecular weight is 427 g/mol. The third kappa shape index (κ3) is 3.00. The summed E-state index contributed by atoms with van der Waals surface area (Å²) in [5, 5.41) is 52.4. The Labute approximate surface area is 181 Å². The lowest BCUT2D eigenvalue weighted by atomic mass is 9.54. The van der Waals surface area contributed by atoms with Crippen LogP contribution in [-0.4, -0.2) is 98.7 Å². The Kier molecular flexibility index (Phi) is 5.18. The lowest BCUT2D eigenvalue weighted by molar-refractivity contribution is -0.241. The average Bonchev–Trinajstić information content (AvgIpc) is 2.81. The Balaban J connectivity index is 1.59. The van der Waals surface area contributed by atoms with Gasteiger partial charge in [-0.25, -0.2) is 0 Å². The maximum Gasteiger partial charge on any atom is 0.111 e. The summed E-state index contributed by atoms with van der Waals surface area (Å²) in [6.45, 7) is 1.52. The molecule has 4 bridgehead atoms. The molecule has 0 aromatic heterocycles. The molecule has 0 spiro atoms. The van der Waals surface area contributed by atoms with E-state index in [9.17, 15) is 25.5 Å². The Hall–Kier alpha value is -1.84. The van der Waals surface area contributed by atoms with Crippen LogP contribution in [0.3, 0.4) is 0 Å². The molecule has 4 fully saturated rings. The first-order valence-electron chi connectivity index (χ1n) is 10.9. The highest BCUT2D eigenvalue weighted by Crippen LogP contribution is 2.53. The maximum atomic E-state index is 11.9. The molecule has 4 saturated heterocycles. The van der Waals surface area contributed by atoms with Crippen LogP contribution in [0, 0.1) is 0 Å². The summed E-state index contributed by atoms with van der Waals surface area (Å²) in [5.74, 6) is 0. The van der Waals surface area contributed by atoms with Gasteiger partial charge in [-0.15, -0.1) is 0 Å². The summed E-state index contributed by atoms with van der Waals surface area (Å²) in [5.41, 5.74) is 1.04. The van der Waals surface area contributed by atoms with Gasteiger partial charge in [0, 0.05) is 37.0 Å². The van der Waals surface area contributed by atoms with Crippen molar-refractivity contribution in [3.05, 3.63) is 71.8 Å². The van der Waals surface area contributed by atoms with Gasteiger partial charge >= 0.3 is 0 Å². The van der Waals surface area contributed by atoms with Gasteiger partial charge in [0.15, 0.2) is 0 Å². The van der Waals surface area contributed by atoms with Crippen molar-refractivity contribution in [2.75, 3.05) is 32.8 Å². The van der Waals surface area contributed by atoms with Gasteiger partial charge in [-0.3, -0.25) is 9.80 Å². The smallest absolute Gasteiger partial charge is 0.111 e. The molecule has 7 nitrogen and oxygen atoms in total. The van der Waals surface area contributed by atoms with E-state index in [4.69, 9.17) is 0 Å². The zero-order chi connectivity index (χ0) is 21.8. The summed E-state index contributed by atoms with van der Waals surface area (Å²) < 4.78 is 0. The molecule has 0 unspecified atom stereocenters. The van der Waals surface area contributed by atoms with E-state index in [-0.39, 0.29) is 0 Å². The van der Waals surface area contributed by atoms with E-state index in [2.05, 4.69) is 9.80 Å². The monoisotopic (exact) mass is 426 g/mol. The minimum atomic E-state index is -1.46. The van der Waals surface area contributed by atoms with Crippen molar-refractivity contribution >= 4 is 0 Å². The molecule has 4 aliphatic rings. The normalized spacial score (nSPS) is 39.3. The zero-order valence-electron chi connectivity index (χ0n) is 17.3. The number of hydrogen-bond donors (Lipinski definition) is 5. The van der Waals surface area contributed by atoms with Crippen molar-refractivity contribution < 1.29 is 25.5 Å². The van der Waals surface area contributed by atoms with Gasteiger partial charge in [0.25, 0.3) is 0 Å². The number of hydrogen-bond acceptors (Lipinski definition) is 7. The van der Waals surface area contributed by atoms with Crippen molar-refractivity contribution in [3.63, 3.8) is 0 Å². The molecule has 166 valence electrons. The van der Waals surface area contributed by atoms with E-state index in [1.54, 1.807) is 0 Å². The lowest BCUT2D eigenvalue weighted by Gasteiger charge is -2.70. The van der Waals surface area contributed by atoms with Gasteiger partial charge in [0.05, 0.1) is 18.9 Å². The summed E-state index contributed by atoms with van der Waals surface area (Å²) in [6, 6.07) is 20.0. The fraction of sp³-hybridized carbons (Fsp3) is 0.500. The minimum absolute atomic E-state index is 0.502. The minimum Gasteiger partial charge on any atom is -0.394 e. The van der Waals surface area contributed by atoms with Crippen molar-refractivity contribution in [2.24, 2.45) is 0 Å². The molecule has 0 aliphatic carbocycles. The fourth-order valence-electron chi connectivity index (χ4n) is 6.31. The van der Waals surface area contributed by atoms with Crippen LogP contribution in [0.5, 0.6) is 0 Å². The third-order valence-electron chi connectivity index (χ3n) is 7.67. The Morgan fingerprint density at radius 3 is 1.58 bits per heavy atom. The highest BCUT2D eigenvalue weighted by molar-refractivity contribution is 5.42. The van der Waals surface area contributed by atoms with Crippen LogP contribution in [0.15, 0.2) is 60.7 Å². The first-order valence-corrected chi connectivity index (χ1v) is 10.9. The molecular weight excluding hydrogens is 396 g/mol. The molecule has 0 radical (unpaired) electrons. The van der Waals surface area contributed by atoms with E-state index in [0.29, 0.717) is 26.2 Å². The predicted octanol–water partition coefficient (Wildman–Crippen LogP) is -0.731. The standard InChI is InChI=1S/C24H30N2O5/c27-11-18(28)19(29)20(30)21-25-12-23(16-7-3-1-4-8-16)13-26(21)15-24(14-25,22(23)31)17-9-5-2-6-10-17/h1-10,18-22,27-31H,11-15H2/t18-,19+,20-,21?,22?,23?,24?/m1/s1. The van der Waals surface area contributed by atoms with E-state index in [0.717, 1.165) is 11.1 Å². The van der Waals surface area contributed by atoms with Crippen molar-refractivity contribution in [1.29, 1.82) is 0 Å². The lowest BCUT2D eigenvalue weighted by Crippen LogP contribution is -2.85. The molecule has 0 saturated carbocycles. The Bertz CT molecular complexity index is 835. The SMILES string of the molecule is OC[C@@H](O)[C@H](O)[C@@H](O)C1N2CC3(c4ccccc4)CN1CC(c1ccccc1)(C2)C3O. The number of rotatable bonds is 6. The molecule has 31 heavy (non-hydrogen) atoms. The van der Waals surface area contributed by atoms with E-state index in [1.165, 1.54) is 0 Å². The van der Waals surface area contributed by atoms with Crippen LogP contribution >= 0.6 is 0 Å². The molecule has 2 aromatic carbocycles. The number of benzene rings is 2. The molecule has 7 heteroatoms. The maximum absolute atomic E-state index is 11.9. The second kappa shape index (κ2) is 7.64. The zero-order valence-corrected chi connectivity index (χ0v) is 17.3. The van der Waals surface area contributed by atoms with Gasteiger partial charge in [-0.2, -0.15) is 0 Å². The third-order valence-corrected chi connectivity index (χ3v) is 7.67. The first kappa shape index (κ1) is 21.0. The highest BCUT2D eigenvalue weighted by atomic mass is 16.4. The van der Waals surface area contributed by atoms with E-state index >= 15 is 0 Å². The fourth-order valence-corrected chi connectivity index (χ4v) is 6.31. The quantitative estimate of drug-likeness (QED) is 0.415. The second-order valence-corrected chi connectivity index (χ2v) is 9.40. The predicted molar refractivity (Wildman–Crippen MR) is 114 cm³/mol. The number of nitrogens with zero attached hydrogens (tertiary/aromatic N) is 2. The van der Waals surface area contributed by atoms with Crippen LogP contribution < -0.4 is 0 Å². The Morgan fingerprint density at radius 2 is 1.19 bits per heavy atom. The van der Waals surface area contributed by atoms with Crippen molar-refractivity contribution in [1.82, 2.24) is 9.80 Å². The van der Waals surface area contributed by atoms with Gasteiger partial charge in [0.2, 0.25) is 0 Å². The van der Waals surface area contributed by atoms with Gasteiger partial charge in [0.1, 0.15) is 18.3 Å². The number of aliphatic hydroxyl groups is 5.